The molecular formula is C11H14O6. The van der Waals surface area contributed by atoms with E-state index in [2.05, 4.69) is 4.74 Å². The zero-order valence-electron chi connectivity index (χ0n) is 9.76. The van der Waals surface area contributed by atoms with Crippen molar-refractivity contribution in [2.75, 3.05) is 21.3 Å². The number of aliphatic hydroxyl groups is 1. The smallest absolute Gasteiger partial charge is 0.339 e. The third-order valence-corrected chi connectivity index (χ3v) is 2.27. The fourth-order valence-corrected chi connectivity index (χ4v) is 1.39. The first-order valence-electron chi connectivity index (χ1n) is 4.76. The SMILES string of the molecule is COC(=O)C(O)c1ccc(OC)c(OC)c1O. The van der Waals surface area contributed by atoms with E-state index >= 15 is 0 Å². The number of benzene rings is 1. The summed E-state index contributed by atoms with van der Waals surface area (Å²) >= 11 is 0. The van der Waals surface area contributed by atoms with Crippen molar-refractivity contribution in [2.24, 2.45) is 0 Å². The van der Waals surface area contributed by atoms with Crippen LogP contribution in [0.2, 0.25) is 0 Å². The second kappa shape index (κ2) is 5.40. The molecule has 0 radical (unpaired) electrons. The summed E-state index contributed by atoms with van der Waals surface area (Å²) < 4.78 is 14.3. The topological polar surface area (TPSA) is 85.2 Å². The highest BCUT2D eigenvalue weighted by Crippen LogP contribution is 2.41. The molecule has 1 atom stereocenters. The zero-order chi connectivity index (χ0) is 13.0. The molecular weight excluding hydrogens is 228 g/mol. The summed E-state index contributed by atoms with van der Waals surface area (Å²) in [6.07, 6.45) is -1.57. The summed E-state index contributed by atoms with van der Waals surface area (Å²) in [6.45, 7) is 0. The molecule has 0 fully saturated rings. The van der Waals surface area contributed by atoms with Crippen molar-refractivity contribution < 1.29 is 29.2 Å². The number of hydrogen-bond donors (Lipinski definition) is 2. The fourth-order valence-electron chi connectivity index (χ4n) is 1.39. The molecule has 2 N–H and O–H groups in total. The number of methoxy groups -OCH3 is 3. The Morgan fingerprint density at radius 1 is 1.24 bits per heavy atom. The van der Waals surface area contributed by atoms with Crippen LogP contribution in [-0.2, 0) is 9.53 Å². The highest BCUT2D eigenvalue weighted by molar-refractivity contribution is 5.78. The standard InChI is InChI=1S/C11H14O6/c1-15-7-5-4-6(8(12)10(7)16-2)9(13)11(14)17-3/h4-5,9,12-13H,1-3H3. The Labute approximate surface area is 98.3 Å². The van der Waals surface area contributed by atoms with E-state index in [0.29, 0.717) is 5.75 Å². The van der Waals surface area contributed by atoms with Crippen LogP contribution >= 0.6 is 0 Å². The first-order chi connectivity index (χ1) is 8.06. The Morgan fingerprint density at radius 2 is 1.88 bits per heavy atom. The molecule has 0 aromatic heterocycles. The number of esters is 1. The van der Waals surface area contributed by atoms with Gasteiger partial charge in [0.15, 0.2) is 17.6 Å². The van der Waals surface area contributed by atoms with Gasteiger partial charge in [-0.3, -0.25) is 0 Å². The third kappa shape index (κ3) is 2.42. The van der Waals surface area contributed by atoms with Gasteiger partial charge in [-0.15, -0.1) is 0 Å². The lowest BCUT2D eigenvalue weighted by molar-refractivity contribution is -0.150. The fraction of sp³-hybridized carbons (Fsp3) is 0.364. The van der Waals surface area contributed by atoms with Gasteiger partial charge in [0.1, 0.15) is 0 Å². The van der Waals surface area contributed by atoms with Crippen LogP contribution in [0.5, 0.6) is 17.2 Å². The van der Waals surface area contributed by atoms with Gasteiger partial charge in [-0.1, -0.05) is 0 Å². The molecule has 0 amide bonds. The van der Waals surface area contributed by atoms with Gasteiger partial charge in [0.2, 0.25) is 5.75 Å². The lowest BCUT2D eigenvalue weighted by Gasteiger charge is -2.15. The van der Waals surface area contributed by atoms with Crippen LogP contribution in [0.25, 0.3) is 0 Å². The molecule has 0 bridgehead atoms. The summed E-state index contributed by atoms with van der Waals surface area (Å²) in [5, 5.41) is 19.5. The second-order valence-electron chi connectivity index (χ2n) is 3.16. The number of hydrogen-bond acceptors (Lipinski definition) is 6. The molecule has 0 aliphatic rings. The van der Waals surface area contributed by atoms with Crippen LogP contribution in [0, 0.1) is 0 Å². The molecule has 94 valence electrons. The van der Waals surface area contributed by atoms with Crippen molar-refractivity contribution in [1.82, 2.24) is 0 Å². The molecule has 0 spiro atoms. The summed E-state index contributed by atoms with van der Waals surface area (Å²) in [5.74, 6) is -0.879. The molecule has 6 heteroatoms. The molecule has 17 heavy (non-hydrogen) atoms. The molecule has 0 aliphatic heterocycles. The third-order valence-electron chi connectivity index (χ3n) is 2.27. The predicted octanol–water partition coefficient (Wildman–Crippen LogP) is 0.616. The number of phenols is 1. The van der Waals surface area contributed by atoms with Crippen molar-refractivity contribution in [3.05, 3.63) is 17.7 Å². The van der Waals surface area contributed by atoms with Crippen molar-refractivity contribution in [1.29, 1.82) is 0 Å². The monoisotopic (exact) mass is 242 g/mol. The molecule has 1 rings (SSSR count). The molecule has 0 heterocycles. The van der Waals surface area contributed by atoms with E-state index in [4.69, 9.17) is 9.47 Å². The minimum absolute atomic E-state index is 0.00509. The molecule has 1 aromatic rings. The highest BCUT2D eigenvalue weighted by Gasteiger charge is 2.25. The van der Waals surface area contributed by atoms with E-state index in [0.717, 1.165) is 7.11 Å². The van der Waals surface area contributed by atoms with Crippen molar-refractivity contribution >= 4 is 5.97 Å². The Kier molecular flexibility index (Phi) is 4.17. The first-order valence-corrected chi connectivity index (χ1v) is 4.76. The lowest BCUT2D eigenvalue weighted by atomic mass is 10.1. The van der Waals surface area contributed by atoms with Gasteiger partial charge in [-0.05, 0) is 12.1 Å². The lowest BCUT2D eigenvalue weighted by Crippen LogP contribution is -2.13. The van der Waals surface area contributed by atoms with Gasteiger partial charge in [0.05, 0.1) is 21.3 Å². The maximum absolute atomic E-state index is 11.2. The highest BCUT2D eigenvalue weighted by atomic mass is 16.5. The predicted molar refractivity (Wildman–Crippen MR) is 58.2 cm³/mol. The Bertz CT molecular complexity index is 415. The van der Waals surface area contributed by atoms with Crippen LogP contribution in [-0.4, -0.2) is 37.5 Å². The normalized spacial score (nSPS) is 11.8. The van der Waals surface area contributed by atoms with E-state index in [9.17, 15) is 15.0 Å². The van der Waals surface area contributed by atoms with Gasteiger partial charge in [0.25, 0.3) is 0 Å². The average Bonchev–Trinajstić information content (AvgIpc) is 2.36. The van der Waals surface area contributed by atoms with E-state index in [-0.39, 0.29) is 17.1 Å². The van der Waals surface area contributed by atoms with E-state index in [1.165, 1.54) is 26.4 Å². The maximum atomic E-state index is 11.2. The van der Waals surface area contributed by atoms with Crippen LogP contribution in [0.15, 0.2) is 12.1 Å². The minimum atomic E-state index is -1.57. The number of aromatic hydroxyl groups is 1. The summed E-state index contributed by atoms with van der Waals surface area (Å²) in [4.78, 5) is 11.2. The largest absolute Gasteiger partial charge is 0.504 e. The molecule has 0 saturated heterocycles. The maximum Gasteiger partial charge on any atom is 0.339 e. The Hall–Kier alpha value is -1.95. The summed E-state index contributed by atoms with van der Waals surface area (Å²) in [5.41, 5.74) is -0.00509. The van der Waals surface area contributed by atoms with Gasteiger partial charge >= 0.3 is 5.97 Å². The summed E-state index contributed by atoms with van der Waals surface area (Å²) in [6, 6.07) is 2.83. The molecule has 1 aromatic carbocycles. The van der Waals surface area contributed by atoms with Crippen LogP contribution < -0.4 is 9.47 Å². The van der Waals surface area contributed by atoms with Gasteiger partial charge in [-0.2, -0.15) is 0 Å². The van der Waals surface area contributed by atoms with Crippen LogP contribution in [0.1, 0.15) is 11.7 Å². The first kappa shape index (κ1) is 13.1. The number of rotatable bonds is 4. The molecule has 1 unspecified atom stereocenters. The number of phenolic OH excluding ortho intramolecular Hbond substituents is 1. The number of aliphatic hydroxyl groups excluding tert-OH is 1. The minimum Gasteiger partial charge on any atom is -0.504 e. The number of carbonyl (C=O) groups excluding carboxylic acids is 1. The number of carbonyl (C=O) groups is 1. The van der Waals surface area contributed by atoms with Gasteiger partial charge < -0.3 is 24.4 Å². The second-order valence-corrected chi connectivity index (χ2v) is 3.16. The Morgan fingerprint density at radius 3 is 2.35 bits per heavy atom. The molecule has 0 saturated carbocycles. The number of ether oxygens (including phenoxy) is 3. The van der Waals surface area contributed by atoms with E-state index in [1.54, 1.807) is 0 Å². The van der Waals surface area contributed by atoms with E-state index in [1.807, 2.05) is 0 Å². The van der Waals surface area contributed by atoms with Gasteiger partial charge in [0, 0.05) is 5.56 Å². The Balaban J connectivity index is 3.23. The van der Waals surface area contributed by atoms with Crippen molar-refractivity contribution in [2.45, 2.75) is 6.10 Å². The van der Waals surface area contributed by atoms with Gasteiger partial charge in [-0.25, -0.2) is 4.79 Å². The quantitative estimate of drug-likeness (QED) is 0.753. The van der Waals surface area contributed by atoms with Crippen LogP contribution in [0.4, 0.5) is 0 Å². The van der Waals surface area contributed by atoms with Crippen molar-refractivity contribution in [3.8, 4) is 17.2 Å². The molecule has 0 aliphatic carbocycles. The zero-order valence-corrected chi connectivity index (χ0v) is 9.76. The van der Waals surface area contributed by atoms with E-state index < -0.39 is 12.1 Å². The van der Waals surface area contributed by atoms with Crippen molar-refractivity contribution in [3.63, 3.8) is 0 Å². The summed E-state index contributed by atoms with van der Waals surface area (Å²) in [7, 11) is 3.89. The van der Waals surface area contributed by atoms with Crippen LogP contribution in [0.3, 0.4) is 0 Å². The average molecular weight is 242 g/mol. The molecule has 6 nitrogen and oxygen atoms in total.